The summed E-state index contributed by atoms with van der Waals surface area (Å²) in [7, 11) is 0. The third-order valence-electron chi connectivity index (χ3n) is 4.75. The first-order valence-corrected chi connectivity index (χ1v) is 10.8. The second kappa shape index (κ2) is 15.1. The van der Waals surface area contributed by atoms with Gasteiger partial charge >= 0.3 is 5.97 Å². The van der Waals surface area contributed by atoms with Crippen LogP contribution in [-0.4, -0.2) is 27.1 Å². The summed E-state index contributed by atoms with van der Waals surface area (Å²) in [5.41, 5.74) is 1.01. The number of phenols is 2. The van der Waals surface area contributed by atoms with Crippen LogP contribution < -0.4 is 0 Å². The SMILES string of the molecule is CCCCCCCCCCCC(=O)O.O=C(c1ccc(O)cc1)c1ccc(O)cc1. The van der Waals surface area contributed by atoms with E-state index in [4.69, 9.17) is 15.3 Å². The maximum absolute atomic E-state index is 11.9. The number of ketones is 1. The Bertz CT molecular complexity index is 688. The van der Waals surface area contributed by atoms with Gasteiger partial charge in [-0.25, -0.2) is 0 Å². The molecule has 5 heteroatoms. The molecule has 5 nitrogen and oxygen atoms in total. The quantitative estimate of drug-likeness (QED) is 0.279. The summed E-state index contributed by atoms with van der Waals surface area (Å²) in [5, 5.41) is 26.6. The number of hydrogen-bond acceptors (Lipinski definition) is 4. The normalized spacial score (nSPS) is 10.2. The van der Waals surface area contributed by atoms with Crippen molar-refractivity contribution >= 4 is 11.8 Å². The predicted molar refractivity (Wildman–Crippen MR) is 119 cm³/mol. The predicted octanol–water partition coefficient (Wildman–Crippen LogP) is 6.32. The Morgan fingerprint density at radius 1 is 0.633 bits per heavy atom. The molecule has 0 radical (unpaired) electrons. The number of carboxylic acid groups (broad SMARTS) is 1. The number of aliphatic carboxylic acids is 1. The lowest BCUT2D eigenvalue weighted by Gasteiger charge is -2.01. The highest BCUT2D eigenvalue weighted by molar-refractivity contribution is 6.09. The topological polar surface area (TPSA) is 94.8 Å². The number of rotatable bonds is 12. The van der Waals surface area contributed by atoms with E-state index in [1.165, 1.54) is 69.2 Å². The fourth-order valence-corrected chi connectivity index (χ4v) is 2.98. The summed E-state index contributed by atoms with van der Waals surface area (Å²) in [6.07, 6.45) is 11.5. The Kier molecular flexibility index (Phi) is 12.7. The van der Waals surface area contributed by atoms with Gasteiger partial charge in [-0.15, -0.1) is 0 Å². The fraction of sp³-hybridized carbons (Fsp3) is 0.440. The van der Waals surface area contributed by atoms with Crippen molar-refractivity contribution in [2.24, 2.45) is 0 Å². The molecular weight excluding hydrogens is 380 g/mol. The second-order valence-electron chi connectivity index (χ2n) is 7.40. The molecule has 0 aliphatic heterocycles. The van der Waals surface area contributed by atoms with Crippen LogP contribution in [0.2, 0.25) is 0 Å². The first-order chi connectivity index (χ1) is 14.4. The van der Waals surface area contributed by atoms with Crippen molar-refractivity contribution in [3.63, 3.8) is 0 Å². The smallest absolute Gasteiger partial charge is 0.303 e. The van der Waals surface area contributed by atoms with Gasteiger partial charge in [0, 0.05) is 17.5 Å². The van der Waals surface area contributed by atoms with Crippen LogP contribution in [0.5, 0.6) is 11.5 Å². The molecule has 0 unspecified atom stereocenters. The first-order valence-electron chi connectivity index (χ1n) is 10.8. The van der Waals surface area contributed by atoms with Crippen molar-refractivity contribution in [1.82, 2.24) is 0 Å². The standard InChI is InChI=1S/C13H10O3.C12H24O2/c14-11-5-1-9(2-6-11)13(16)10-3-7-12(15)8-4-10;1-2-3-4-5-6-7-8-9-10-11-12(13)14/h1-8,14-15H;2-11H2,1H3,(H,13,14). The van der Waals surface area contributed by atoms with E-state index in [-0.39, 0.29) is 17.3 Å². The largest absolute Gasteiger partial charge is 0.508 e. The van der Waals surface area contributed by atoms with Gasteiger partial charge in [-0.3, -0.25) is 9.59 Å². The summed E-state index contributed by atoms with van der Waals surface area (Å²) in [5.74, 6) is -0.544. The minimum atomic E-state index is -0.659. The van der Waals surface area contributed by atoms with E-state index in [1.807, 2.05) is 0 Å². The number of carbonyl (C=O) groups excluding carboxylic acids is 1. The molecular formula is C25H34O5. The van der Waals surface area contributed by atoms with E-state index >= 15 is 0 Å². The zero-order valence-corrected chi connectivity index (χ0v) is 17.8. The molecule has 0 spiro atoms. The zero-order valence-electron chi connectivity index (χ0n) is 17.8. The maximum Gasteiger partial charge on any atom is 0.303 e. The molecule has 2 aromatic rings. The number of carboxylic acids is 1. The summed E-state index contributed by atoms with van der Waals surface area (Å²) in [4.78, 5) is 22.1. The van der Waals surface area contributed by atoms with Crippen molar-refractivity contribution in [1.29, 1.82) is 0 Å². The highest BCUT2D eigenvalue weighted by Crippen LogP contribution is 2.16. The van der Waals surface area contributed by atoms with E-state index in [0.29, 0.717) is 17.5 Å². The Morgan fingerprint density at radius 3 is 1.37 bits per heavy atom. The minimum absolute atomic E-state index is 0.127. The Morgan fingerprint density at radius 2 is 1.00 bits per heavy atom. The van der Waals surface area contributed by atoms with Gasteiger partial charge in [0.25, 0.3) is 0 Å². The first kappa shape index (κ1) is 25.2. The average Bonchev–Trinajstić information content (AvgIpc) is 2.73. The van der Waals surface area contributed by atoms with Crippen molar-refractivity contribution in [2.45, 2.75) is 71.1 Å². The molecule has 0 aliphatic rings. The average molecular weight is 415 g/mol. The molecule has 2 aromatic carbocycles. The van der Waals surface area contributed by atoms with Crippen molar-refractivity contribution < 1.29 is 24.9 Å². The molecule has 0 heterocycles. The summed E-state index contributed by atoms with van der Waals surface area (Å²) in [6, 6.07) is 12.1. The third kappa shape index (κ3) is 11.2. The molecule has 0 aromatic heterocycles. The van der Waals surface area contributed by atoms with E-state index < -0.39 is 5.97 Å². The van der Waals surface area contributed by atoms with Gasteiger partial charge in [0.2, 0.25) is 0 Å². The van der Waals surface area contributed by atoms with Crippen molar-refractivity contribution in [3.05, 3.63) is 59.7 Å². The molecule has 2 rings (SSSR count). The molecule has 0 bridgehead atoms. The molecule has 0 saturated heterocycles. The van der Waals surface area contributed by atoms with Gasteiger partial charge in [-0.2, -0.15) is 0 Å². The highest BCUT2D eigenvalue weighted by atomic mass is 16.4. The maximum atomic E-state index is 11.9. The summed E-state index contributed by atoms with van der Waals surface area (Å²) in [6.45, 7) is 2.23. The molecule has 0 amide bonds. The van der Waals surface area contributed by atoms with Crippen LogP contribution in [0.4, 0.5) is 0 Å². The van der Waals surface area contributed by atoms with Gasteiger partial charge in [-0.1, -0.05) is 58.3 Å². The number of aromatic hydroxyl groups is 2. The fourth-order valence-electron chi connectivity index (χ4n) is 2.98. The van der Waals surface area contributed by atoms with Crippen LogP contribution in [0.15, 0.2) is 48.5 Å². The number of phenolic OH excluding ortho intramolecular Hbond substituents is 2. The summed E-state index contributed by atoms with van der Waals surface area (Å²) >= 11 is 0. The third-order valence-corrected chi connectivity index (χ3v) is 4.75. The number of unbranched alkanes of at least 4 members (excludes halogenated alkanes) is 8. The Hall–Kier alpha value is -2.82. The van der Waals surface area contributed by atoms with Crippen LogP contribution in [0.3, 0.4) is 0 Å². The monoisotopic (exact) mass is 414 g/mol. The molecule has 0 atom stereocenters. The zero-order chi connectivity index (χ0) is 22.2. The molecule has 0 fully saturated rings. The highest BCUT2D eigenvalue weighted by Gasteiger charge is 2.08. The van der Waals surface area contributed by atoms with Crippen LogP contribution >= 0.6 is 0 Å². The Labute approximate surface area is 179 Å². The van der Waals surface area contributed by atoms with E-state index in [9.17, 15) is 9.59 Å². The van der Waals surface area contributed by atoms with Crippen LogP contribution in [0, 0.1) is 0 Å². The molecule has 0 aliphatic carbocycles. The number of hydrogen-bond donors (Lipinski definition) is 3. The van der Waals surface area contributed by atoms with E-state index in [2.05, 4.69) is 6.92 Å². The minimum Gasteiger partial charge on any atom is -0.508 e. The number of carbonyl (C=O) groups is 2. The van der Waals surface area contributed by atoms with Gasteiger partial charge in [0.15, 0.2) is 5.78 Å². The van der Waals surface area contributed by atoms with E-state index in [0.717, 1.165) is 12.8 Å². The van der Waals surface area contributed by atoms with Crippen LogP contribution in [0.1, 0.15) is 87.1 Å². The lowest BCUT2D eigenvalue weighted by atomic mass is 10.0. The van der Waals surface area contributed by atoms with Crippen LogP contribution in [0.25, 0.3) is 0 Å². The van der Waals surface area contributed by atoms with E-state index in [1.54, 1.807) is 24.3 Å². The van der Waals surface area contributed by atoms with Gasteiger partial charge in [-0.05, 0) is 55.0 Å². The molecule has 164 valence electrons. The molecule has 3 N–H and O–H groups in total. The molecule has 0 saturated carbocycles. The van der Waals surface area contributed by atoms with Crippen molar-refractivity contribution in [3.8, 4) is 11.5 Å². The Balaban J connectivity index is 0.000000304. The number of benzene rings is 2. The van der Waals surface area contributed by atoms with Gasteiger partial charge < -0.3 is 15.3 Å². The van der Waals surface area contributed by atoms with Gasteiger partial charge in [0.1, 0.15) is 11.5 Å². The lowest BCUT2D eigenvalue weighted by Crippen LogP contribution is -2.00. The van der Waals surface area contributed by atoms with Crippen LogP contribution in [-0.2, 0) is 4.79 Å². The lowest BCUT2D eigenvalue weighted by molar-refractivity contribution is -0.137. The molecule has 30 heavy (non-hydrogen) atoms. The summed E-state index contributed by atoms with van der Waals surface area (Å²) < 4.78 is 0. The van der Waals surface area contributed by atoms with Gasteiger partial charge in [0.05, 0.1) is 0 Å². The van der Waals surface area contributed by atoms with Crippen molar-refractivity contribution in [2.75, 3.05) is 0 Å². The second-order valence-corrected chi connectivity index (χ2v) is 7.40.